The summed E-state index contributed by atoms with van der Waals surface area (Å²) in [6.45, 7) is 4.76. The number of nitrogens with one attached hydrogen (secondary N) is 1. The second-order valence-electron chi connectivity index (χ2n) is 3.98. The predicted molar refractivity (Wildman–Crippen MR) is 59.1 cm³/mol. The minimum Gasteiger partial charge on any atom is -0.385 e. The van der Waals surface area contributed by atoms with Gasteiger partial charge < -0.3 is 10.4 Å². The maximum Gasteiger partial charge on any atom is 0.164 e. The van der Waals surface area contributed by atoms with Crippen molar-refractivity contribution >= 4 is 0 Å². The summed E-state index contributed by atoms with van der Waals surface area (Å²) in [7, 11) is 0. The molecule has 90 valence electrons. The molecule has 0 amide bonds. The van der Waals surface area contributed by atoms with Crippen molar-refractivity contribution < 1.29 is 13.9 Å². The van der Waals surface area contributed by atoms with Gasteiger partial charge in [-0.2, -0.15) is 0 Å². The highest BCUT2D eigenvalue weighted by molar-refractivity contribution is 5.24. The highest BCUT2D eigenvalue weighted by atomic mass is 19.2. The standard InChI is InChI=1S/C12H17F2NO/c1-3-15-8-7-12(2,16)9-5-4-6-10(13)11(9)14/h4-6,15-16H,3,7-8H2,1-2H3. The normalized spacial score (nSPS) is 14.8. The first-order chi connectivity index (χ1) is 7.49. The van der Waals surface area contributed by atoms with Crippen molar-refractivity contribution in [2.24, 2.45) is 0 Å². The molecule has 0 radical (unpaired) electrons. The SMILES string of the molecule is CCNCCC(C)(O)c1cccc(F)c1F. The van der Waals surface area contributed by atoms with Crippen LogP contribution in [-0.2, 0) is 5.60 Å². The molecule has 4 heteroatoms. The Kier molecular flexibility index (Phi) is 4.38. The highest BCUT2D eigenvalue weighted by Gasteiger charge is 2.27. The van der Waals surface area contributed by atoms with E-state index in [0.29, 0.717) is 13.0 Å². The lowest BCUT2D eigenvalue weighted by Crippen LogP contribution is -2.29. The minimum atomic E-state index is -1.35. The van der Waals surface area contributed by atoms with Crippen LogP contribution in [0.1, 0.15) is 25.8 Å². The Balaban J connectivity index is 2.84. The summed E-state index contributed by atoms with van der Waals surface area (Å²) < 4.78 is 26.4. The van der Waals surface area contributed by atoms with Gasteiger partial charge in [-0.15, -0.1) is 0 Å². The van der Waals surface area contributed by atoms with Crippen molar-refractivity contribution in [3.63, 3.8) is 0 Å². The van der Waals surface area contributed by atoms with Crippen LogP contribution in [-0.4, -0.2) is 18.2 Å². The molecule has 0 aliphatic heterocycles. The molecular formula is C12H17F2NO. The molecule has 0 spiro atoms. The van der Waals surface area contributed by atoms with Crippen molar-refractivity contribution in [1.82, 2.24) is 5.32 Å². The lowest BCUT2D eigenvalue weighted by molar-refractivity contribution is 0.0438. The molecule has 1 aromatic carbocycles. The lowest BCUT2D eigenvalue weighted by atomic mass is 9.92. The summed E-state index contributed by atoms with van der Waals surface area (Å²) in [4.78, 5) is 0. The van der Waals surface area contributed by atoms with E-state index in [0.717, 1.165) is 12.6 Å². The molecule has 1 atom stereocenters. The molecular weight excluding hydrogens is 212 g/mol. The van der Waals surface area contributed by atoms with E-state index in [4.69, 9.17) is 0 Å². The molecule has 0 saturated heterocycles. The van der Waals surface area contributed by atoms with E-state index in [-0.39, 0.29) is 5.56 Å². The fraction of sp³-hybridized carbons (Fsp3) is 0.500. The number of hydrogen-bond acceptors (Lipinski definition) is 2. The smallest absolute Gasteiger partial charge is 0.164 e. The number of halogens is 2. The third-order valence-electron chi connectivity index (χ3n) is 2.57. The van der Waals surface area contributed by atoms with Gasteiger partial charge in [0.1, 0.15) is 0 Å². The van der Waals surface area contributed by atoms with Gasteiger partial charge in [0.25, 0.3) is 0 Å². The third-order valence-corrected chi connectivity index (χ3v) is 2.57. The van der Waals surface area contributed by atoms with Crippen molar-refractivity contribution in [2.75, 3.05) is 13.1 Å². The maximum absolute atomic E-state index is 13.5. The van der Waals surface area contributed by atoms with Crippen LogP contribution >= 0.6 is 0 Å². The highest BCUT2D eigenvalue weighted by Crippen LogP contribution is 2.27. The van der Waals surface area contributed by atoms with Gasteiger partial charge in [0.05, 0.1) is 5.60 Å². The molecule has 1 aromatic rings. The van der Waals surface area contributed by atoms with Crippen LogP contribution in [0, 0.1) is 11.6 Å². The molecule has 1 unspecified atom stereocenters. The first kappa shape index (κ1) is 13.1. The van der Waals surface area contributed by atoms with Gasteiger partial charge in [-0.25, -0.2) is 8.78 Å². The van der Waals surface area contributed by atoms with Gasteiger partial charge in [-0.05, 0) is 32.5 Å². The van der Waals surface area contributed by atoms with Gasteiger partial charge in [0.2, 0.25) is 0 Å². The monoisotopic (exact) mass is 229 g/mol. The molecule has 0 bridgehead atoms. The Hall–Kier alpha value is -1.00. The molecule has 0 fully saturated rings. The van der Waals surface area contributed by atoms with E-state index in [1.54, 1.807) is 0 Å². The van der Waals surface area contributed by atoms with Gasteiger partial charge in [-0.3, -0.25) is 0 Å². The summed E-state index contributed by atoms with van der Waals surface area (Å²) in [5.74, 6) is -1.90. The zero-order chi connectivity index (χ0) is 12.2. The van der Waals surface area contributed by atoms with E-state index < -0.39 is 17.2 Å². The average molecular weight is 229 g/mol. The molecule has 2 N–H and O–H groups in total. The molecule has 16 heavy (non-hydrogen) atoms. The van der Waals surface area contributed by atoms with Gasteiger partial charge in [-0.1, -0.05) is 19.1 Å². The van der Waals surface area contributed by atoms with E-state index in [2.05, 4.69) is 5.32 Å². The lowest BCUT2D eigenvalue weighted by Gasteiger charge is -2.24. The van der Waals surface area contributed by atoms with Crippen molar-refractivity contribution in [3.05, 3.63) is 35.4 Å². The van der Waals surface area contributed by atoms with Crippen molar-refractivity contribution in [1.29, 1.82) is 0 Å². The first-order valence-corrected chi connectivity index (χ1v) is 5.36. The molecule has 0 aliphatic rings. The average Bonchev–Trinajstić information content (AvgIpc) is 2.22. The summed E-state index contributed by atoms with van der Waals surface area (Å²) in [5.41, 5.74) is -1.35. The fourth-order valence-corrected chi connectivity index (χ4v) is 1.56. The molecule has 0 saturated carbocycles. The Morgan fingerprint density at radius 2 is 2.06 bits per heavy atom. The molecule has 2 nitrogen and oxygen atoms in total. The fourth-order valence-electron chi connectivity index (χ4n) is 1.56. The van der Waals surface area contributed by atoms with Crippen LogP contribution in [0.25, 0.3) is 0 Å². The number of benzene rings is 1. The Morgan fingerprint density at radius 3 is 2.69 bits per heavy atom. The first-order valence-electron chi connectivity index (χ1n) is 5.36. The topological polar surface area (TPSA) is 32.3 Å². The van der Waals surface area contributed by atoms with Crippen LogP contribution in [0.5, 0.6) is 0 Å². The second kappa shape index (κ2) is 5.37. The van der Waals surface area contributed by atoms with E-state index in [9.17, 15) is 13.9 Å². The number of hydrogen-bond donors (Lipinski definition) is 2. The second-order valence-corrected chi connectivity index (χ2v) is 3.98. The van der Waals surface area contributed by atoms with E-state index >= 15 is 0 Å². The van der Waals surface area contributed by atoms with Crippen LogP contribution < -0.4 is 5.32 Å². The summed E-state index contributed by atoms with van der Waals surface area (Å²) in [5, 5.41) is 13.1. The zero-order valence-electron chi connectivity index (χ0n) is 9.56. The van der Waals surface area contributed by atoms with Crippen LogP contribution in [0.15, 0.2) is 18.2 Å². The predicted octanol–water partition coefficient (Wildman–Crippen LogP) is 2.17. The summed E-state index contributed by atoms with van der Waals surface area (Å²) in [6, 6.07) is 3.85. The van der Waals surface area contributed by atoms with Crippen molar-refractivity contribution in [3.8, 4) is 0 Å². The van der Waals surface area contributed by atoms with E-state index in [1.807, 2.05) is 6.92 Å². The summed E-state index contributed by atoms with van der Waals surface area (Å²) in [6.07, 6.45) is 0.335. The number of rotatable bonds is 5. The molecule has 0 aliphatic carbocycles. The summed E-state index contributed by atoms with van der Waals surface area (Å²) >= 11 is 0. The Labute approximate surface area is 94.3 Å². The van der Waals surface area contributed by atoms with Crippen molar-refractivity contribution in [2.45, 2.75) is 25.9 Å². The Morgan fingerprint density at radius 1 is 1.38 bits per heavy atom. The maximum atomic E-state index is 13.5. The molecule has 0 aromatic heterocycles. The van der Waals surface area contributed by atoms with Crippen LogP contribution in [0.4, 0.5) is 8.78 Å². The minimum absolute atomic E-state index is 0.00500. The Bertz CT molecular complexity index is 353. The third kappa shape index (κ3) is 3.00. The molecule has 0 heterocycles. The van der Waals surface area contributed by atoms with Gasteiger partial charge in [0, 0.05) is 5.56 Å². The van der Waals surface area contributed by atoms with Crippen LogP contribution in [0.2, 0.25) is 0 Å². The molecule has 1 rings (SSSR count). The van der Waals surface area contributed by atoms with Gasteiger partial charge in [0.15, 0.2) is 11.6 Å². The largest absolute Gasteiger partial charge is 0.385 e. The zero-order valence-corrected chi connectivity index (χ0v) is 9.56. The van der Waals surface area contributed by atoms with Gasteiger partial charge >= 0.3 is 0 Å². The van der Waals surface area contributed by atoms with Crippen LogP contribution in [0.3, 0.4) is 0 Å². The van der Waals surface area contributed by atoms with E-state index in [1.165, 1.54) is 19.1 Å². The quantitative estimate of drug-likeness (QED) is 0.758. The number of aliphatic hydroxyl groups is 1.